The summed E-state index contributed by atoms with van der Waals surface area (Å²) in [6, 6.07) is 5.16. The molecular weight excluding hydrogens is 244 g/mol. The fourth-order valence-electron chi connectivity index (χ4n) is 1.40. The maximum Gasteiger partial charge on any atom is 0.186 e. The van der Waals surface area contributed by atoms with Crippen molar-refractivity contribution in [3.8, 4) is 0 Å². The van der Waals surface area contributed by atoms with Crippen LogP contribution in [0.1, 0.15) is 18.1 Å². The molecule has 0 radical (unpaired) electrons. The second-order valence-corrected chi connectivity index (χ2v) is 6.79. The Morgan fingerprint density at radius 2 is 2.00 bits per heavy atom. The fourth-order valence-corrected chi connectivity index (χ4v) is 2.91. The maximum absolute atomic E-state index is 11.4. The molecule has 0 unspecified atom stereocenters. The van der Waals surface area contributed by atoms with Crippen LogP contribution < -0.4 is 0 Å². The fraction of sp³-hybridized carbons (Fsp3) is 0.364. The predicted molar refractivity (Wildman–Crippen MR) is 66.3 cm³/mol. The van der Waals surface area contributed by atoms with Crippen LogP contribution in [0.15, 0.2) is 23.1 Å². The van der Waals surface area contributed by atoms with E-state index in [0.29, 0.717) is 10.6 Å². The molecule has 0 N–H and O–H groups in total. The van der Waals surface area contributed by atoms with E-state index >= 15 is 0 Å². The topological polar surface area (TPSA) is 51.2 Å². The second-order valence-electron chi connectivity index (χ2n) is 3.65. The smallest absolute Gasteiger partial charge is 0.186 e. The molecule has 88 valence electrons. The van der Waals surface area contributed by atoms with Crippen LogP contribution in [0.5, 0.6) is 0 Å². The van der Waals surface area contributed by atoms with Gasteiger partial charge in [0.2, 0.25) is 0 Å². The number of rotatable bonds is 3. The first-order valence-corrected chi connectivity index (χ1v) is 7.61. The summed E-state index contributed by atoms with van der Waals surface area (Å²) in [7, 11) is -3.16. The summed E-state index contributed by atoms with van der Waals surface area (Å²) in [5, 5.41) is 0.0600. The van der Waals surface area contributed by atoms with Gasteiger partial charge >= 0.3 is 0 Å². The molecular formula is C11H14O3S2. The second kappa shape index (κ2) is 5.01. The summed E-state index contributed by atoms with van der Waals surface area (Å²) in [6.07, 6.45) is 1.19. The lowest BCUT2D eigenvalue weighted by Gasteiger charge is -2.06. The van der Waals surface area contributed by atoms with Crippen molar-refractivity contribution >= 4 is 26.7 Å². The zero-order valence-electron chi connectivity index (χ0n) is 9.48. The highest BCUT2D eigenvalue weighted by atomic mass is 32.2. The highest BCUT2D eigenvalue weighted by Crippen LogP contribution is 2.20. The Morgan fingerprint density at radius 1 is 1.38 bits per heavy atom. The zero-order chi connectivity index (χ0) is 12.3. The number of benzene rings is 1. The SMILES string of the molecule is CC(=O)SCc1ccc(S(C)(=O)=O)c(C)c1. The van der Waals surface area contributed by atoms with Gasteiger partial charge in [-0.25, -0.2) is 8.42 Å². The monoisotopic (exact) mass is 258 g/mol. The number of carbonyl (C=O) groups is 1. The lowest BCUT2D eigenvalue weighted by atomic mass is 10.2. The molecule has 0 aromatic heterocycles. The molecule has 0 saturated heterocycles. The highest BCUT2D eigenvalue weighted by Gasteiger charge is 2.10. The van der Waals surface area contributed by atoms with Crippen LogP contribution >= 0.6 is 11.8 Å². The third kappa shape index (κ3) is 3.64. The van der Waals surface area contributed by atoms with Gasteiger partial charge in [-0.1, -0.05) is 23.9 Å². The number of thioether (sulfide) groups is 1. The maximum atomic E-state index is 11.4. The quantitative estimate of drug-likeness (QED) is 0.834. The Kier molecular flexibility index (Phi) is 4.15. The molecule has 0 fully saturated rings. The Labute approximate surface area is 100 Å². The van der Waals surface area contributed by atoms with Crippen molar-refractivity contribution in [3.05, 3.63) is 29.3 Å². The van der Waals surface area contributed by atoms with E-state index in [1.807, 2.05) is 6.07 Å². The summed E-state index contributed by atoms with van der Waals surface area (Å²) in [6.45, 7) is 3.28. The minimum absolute atomic E-state index is 0.0600. The van der Waals surface area contributed by atoms with Gasteiger partial charge in [-0.05, 0) is 24.1 Å². The summed E-state index contributed by atoms with van der Waals surface area (Å²) in [4.78, 5) is 11.1. The minimum Gasteiger partial charge on any atom is -0.288 e. The summed E-state index contributed by atoms with van der Waals surface area (Å²) < 4.78 is 22.7. The molecule has 1 aromatic rings. The average molecular weight is 258 g/mol. The first kappa shape index (κ1) is 13.3. The number of aryl methyl sites for hydroxylation is 1. The molecule has 16 heavy (non-hydrogen) atoms. The Hall–Kier alpha value is -0.810. The molecule has 0 aliphatic rings. The van der Waals surface area contributed by atoms with Crippen molar-refractivity contribution in [1.82, 2.24) is 0 Å². The largest absolute Gasteiger partial charge is 0.288 e. The number of hydrogen-bond acceptors (Lipinski definition) is 4. The third-order valence-corrected chi connectivity index (χ3v) is 4.22. The molecule has 0 aliphatic heterocycles. The van der Waals surface area contributed by atoms with Gasteiger partial charge < -0.3 is 0 Å². The summed E-state index contributed by atoms with van der Waals surface area (Å²) in [5.41, 5.74) is 1.69. The standard InChI is InChI=1S/C11H14O3S2/c1-8-6-10(7-15-9(2)12)4-5-11(8)16(3,13)14/h4-6H,7H2,1-3H3. The van der Waals surface area contributed by atoms with Crippen molar-refractivity contribution in [2.75, 3.05) is 6.26 Å². The molecule has 0 atom stereocenters. The van der Waals surface area contributed by atoms with E-state index in [1.54, 1.807) is 19.1 Å². The first-order chi connectivity index (χ1) is 7.30. The van der Waals surface area contributed by atoms with Crippen LogP contribution in [0.25, 0.3) is 0 Å². The molecule has 0 bridgehead atoms. The number of sulfone groups is 1. The van der Waals surface area contributed by atoms with E-state index in [2.05, 4.69) is 0 Å². The van der Waals surface area contributed by atoms with E-state index in [-0.39, 0.29) is 5.12 Å². The van der Waals surface area contributed by atoms with Gasteiger partial charge in [-0.2, -0.15) is 0 Å². The molecule has 0 heterocycles. The first-order valence-electron chi connectivity index (χ1n) is 4.73. The molecule has 0 spiro atoms. The van der Waals surface area contributed by atoms with Gasteiger partial charge in [-0.3, -0.25) is 4.79 Å². The molecule has 0 amide bonds. The molecule has 1 rings (SSSR count). The summed E-state index contributed by atoms with van der Waals surface area (Å²) in [5.74, 6) is 0.584. The van der Waals surface area contributed by atoms with Crippen molar-refractivity contribution < 1.29 is 13.2 Å². The number of carbonyl (C=O) groups excluding carboxylic acids is 1. The lowest BCUT2D eigenvalue weighted by molar-refractivity contribution is -0.109. The number of hydrogen-bond donors (Lipinski definition) is 0. The molecule has 3 nitrogen and oxygen atoms in total. The third-order valence-electron chi connectivity index (χ3n) is 2.08. The van der Waals surface area contributed by atoms with E-state index in [1.165, 1.54) is 24.9 Å². The van der Waals surface area contributed by atoms with Crippen LogP contribution in [0.2, 0.25) is 0 Å². The zero-order valence-corrected chi connectivity index (χ0v) is 11.1. The Morgan fingerprint density at radius 3 is 2.44 bits per heavy atom. The molecule has 0 saturated carbocycles. The highest BCUT2D eigenvalue weighted by molar-refractivity contribution is 8.12. The van der Waals surface area contributed by atoms with E-state index in [4.69, 9.17) is 0 Å². The van der Waals surface area contributed by atoms with Crippen LogP contribution in [0.4, 0.5) is 0 Å². The van der Waals surface area contributed by atoms with Gasteiger partial charge in [-0.15, -0.1) is 0 Å². The lowest BCUT2D eigenvalue weighted by Crippen LogP contribution is -2.00. The van der Waals surface area contributed by atoms with E-state index in [9.17, 15) is 13.2 Å². The van der Waals surface area contributed by atoms with Gasteiger partial charge in [0.1, 0.15) is 0 Å². The van der Waals surface area contributed by atoms with Crippen LogP contribution in [0, 0.1) is 6.92 Å². The van der Waals surface area contributed by atoms with Gasteiger partial charge in [0.25, 0.3) is 0 Å². The van der Waals surface area contributed by atoms with Crippen molar-refractivity contribution in [3.63, 3.8) is 0 Å². The molecule has 0 aliphatic carbocycles. The Balaban J connectivity index is 2.96. The minimum atomic E-state index is -3.16. The predicted octanol–water partition coefficient (Wildman–Crippen LogP) is 2.18. The van der Waals surface area contributed by atoms with Crippen LogP contribution in [-0.2, 0) is 20.4 Å². The average Bonchev–Trinajstić information content (AvgIpc) is 2.12. The Bertz CT molecular complexity index is 504. The van der Waals surface area contributed by atoms with Crippen molar-refractivity contribution in [1.29, 1.82) is 0 Å². The van der Waals surface area contributed by atoms with E-state index < -0.39 is 9.84 Å². The molecule has 1 aromatic carbocycles. The van der Waals surface area contributed by atoms with Gasteiger partial charge in [0, 0.05) is 18.9 Å². The summed E-state index contributed by atoms with van der Waals surface area (Å²) >= 11 is 1.22. The van der Waals surface area contributed by atoms with Crippen LogP contribution in [0.3, 0.4) is 0 Å². The van der Waals surface area contributed by atoms with E-state index in [0.717, 1.165) is 11.1 Å². The van der Waals surface area contributed by atoms with Gasteiger partial charge in [0.05, 0.1) is 4.90 Å². The molecule has 5 heteroatoms. The van der Waals surface area contributed by atoms with Gasteiger partial charge in [0.15, 0.2) is 15.0 Å². The van der Waals surface area contributed by atoms with Crippen molar-refractivity contribution in [2.45, 2.75) is 24.5 Å². The van der Waals surface area contributed by atoms with Crippen LogP contribution in [-0.4, -0.2) is 19.8 Å². The van der Waals surface area contributed by atoms with Crippen molar-refractivity contribution in [2.24, 2.45) is 0 Å². The normalized spacial score (nSPS) is 11.4.